The molecule has 0 aromatic rings. The largest absolute Gasteiger partial charge is 0.459 e. The van der Waals surface area contributed by atoms with Crippen molar-refractivity contribution >= 4 is 33.5 Å². The molecule has 5 heteroatoms. The average Bonchev–Trinajstić information content (AvgIpc) is 2.13. The van der Waals surface area contributed by atoms with Crippen LogP contribution in [-0.4, -0.2) is 23.6 Å². The summed E-state index contributed by atoms with van der Waals surface area (Å²) in [6, 6.07) is 0. The molecule has 0 aromatic heterocycles. The fourth-order valence-corrected chi connectivity index (χ4v) is 2.04. The van der Waals surface area contributed by atoms with Crippen LogP contribution >= 0.6 is 15.9 Å². The number of cyclic esters (lactones) is 1. The normalized spacial score (nSPS) is 26.1. The van der Waals surface area contributed by atoms with Gasteiger partial charge in [-0.05, 0) is 22.9 Å². The highest BCUT2D eigenvalue weighted by Gasteiger charge is 2.37. The average molecular weight is 271 g/mol. The zero-order valence-corrected chi connectivity index (χ0v) is 9.46. The van der Waals surface area contributed by atoms with Crippen LogP contribution in [0.5, 0.6) is 0 Å². The first-order valence-electron chi connectivity index (χ1n) is 4.41. The van der Waals surface area contributed by atoms with Crippen molar-refractivity contribution in [2.75, 3.05) is 0 Å². The summed E-state index contributed by atoms with van der Waals surface area (Å²) in [5.74, 6) is -1.46. The van der Waals surface area contributed by atoms with E-state index in [1.165, 1.54) is 6.08 Å². The minimum absolute atomic E-state index is 0.109. The Hall–Kier alpha value is -1.23. The molecule has 0 unspecified atom stereocenters. The molecule has 0 saturated heterocycles. The number of carbonyl (C=O) groups excluding carboxylic acids is 3. The Balaban J connectivity index is 2.54. The third-order valence-electron chi connectivity index (χ3n) is 2.30. The van der Waals surface area contributed by atoms with Crippen LogP contribution in [0.2, 0.25) is 0 Å². The Labute approximate surface area is 94.1 Å². The zero-order valence-electron chi connectivity index (χ0n) is 7.87. The number of halogens is 1. The summed E-state index contributed by atoms with van der Waals surface area (Å²) in [7, 11) is 0. The first-order valence-corrected chi connectivity index (χ1v) is 5.20. The lowest BCUT2D eigenvalue weighted by Gasteiger charge is -2.24. The fraction of sp³-hybridized carbons (Fsp3) is 0.300. The van der Waals surface area contributed by atoms with Crippen LogP contribution in [0.4, 0.5) is 0 Å². The zero-order chi connectivity index (χ0) is 11.2. The number of rotatable bonds is 0. The maximum Gasteiger partial charge on any atom is 0.342 e. The van der Waals surface area contributed by atoms with Crippen molar-refractivity contribution in [3.05, 3.63) is 21.7 Å². The molecule has 0 fully saturated rings. The van der Waals surface area contributed by atoms with Crippen molar-refractivity contribution in [2.24, 2.45) is 0 Å². The predicted octanol–water partition coefficient (Wildman–Crippen LogP) is 1.05. The molecule has 0 radical (unpaired) electrons. The van der Waals surface area contributed by atoms with E-state index in [0.717, 1.165) is 0 Å². The van der Waals surface area contributed by atoms with Gasteiger partial charge in [0.05, 0.1) is 4.48 Å². The van der Waals surface area contributed by atoms with Crippen LogP contribution in [0.1, 0.15) is 13.3 Å². The van der Waals surface area contributed by atoms with Crippen LogP contribution in [0.25, 0.3) is 0 Å². The number of ketones is 2. The van der Waals surface area contributed by atoms with Gasteiger partial charge in [0.15, 0.2) is 5.78 Å². The van der Waals surface area contributed by atoms with Gasteiger partial charge in [0.2, 0.25) is 5.78 Å². The van der Waals surface area contributed by atoms with Crippen LogP contribution in [0, 0.1) is 0 Å². The maximum absolute atomic E-state index is 11.6. The molecular formula is C10H7BrO4. The van der Waals surface area contributed by atoms with Gasteiger partial charge >= 0.3 is 5.97 Å². The Morgan fingerprint density at radius 3 is 2.73 bits per heavy atom. The highest BCUT2D eigenvalue weighted by Crippen LogP contribution is 2.30. The molecule has 0 amide bonds. The van der Waals surface area contributed by atoms with Crippen LogP contribution in [-0.2, 0) is 19.1 Å². The molecule has 1 aliphatic heterocycles. The molecule has 0 saturated carbocycles. The monoisotopic (exact) mass is 270 g/mol. The van der Waals surface area contributed by atoms with Crippen molar-refractivity contribution in [3.8, 4) is 0 Å². The van der Waals surface area contributed by atoms with Gasteiger partial charge in [-0.3, -0.25) is 9.59 Å². The quantitative estimate of drug-likeness (QED) is 0.375. The number of hydrogen-bond donors (Lipinski definition) is 0. The topological polar surface area (TPSA) is 60.4 Å². The summed E-state index contributed by atoms with van der Waals surface area (Å²) in [4.78, 5) is 34.6. The van der Waals surface area contributed by atoms with E-state index in [2.05, 4.69) is 15.9 Å². The van der Waals surface area contributed by atoms with Crippen molar-refractivity contribution in [1.29, 1.82) is 0 Å². The van der Waals surface area contributed by atoms with E-state index in [4.69, 9.17) is 4.74 Å². The van der Waals surface area contributed by atoms with Crippen molar-refractivity contribution in [3.63, 3.8) is 0 Å². The highest BCUT2D eigenvalue weighted by molar-refractivity contribution is 9.12. The van der Waals surface area contributed by atoms with Crippen molar-refractivity contribution in [2.45, 2.75) is 19.4 Å². The molecule has 0 N–H and O–H groups in total. The lowest BCUT2D eigenvalue weighted by molar-refractivity contribution is -0.146. The number of carbonyl (C=O) groups is 3. The number of Topliss-reactive ketones (excluding diaryl/α,β-unsaturated/α-hetero) is 1. The molecule has 0 aromatic carbocycles. The first-order chi connectivity index (χ1) is 7.00. The molecule has 1 atom stereocenters. The number of hydrogen-bond acceptors (Lipinski definition) is 4. The molecule has 4 nitrogen and oxygen atoms in total. The van der Waals surface area contributed by atoms with E-state index in [-0.39, 0.29) is 27.5 Å². The molecule has 78 valence electrons. The molecule has 0 bridgehead atoms. The third kappa shape index (κ3) is 1.56. The summed E-state index contributed by atoms with van der Waals surface area (Å²) in [6.07, 6.45) is 1.16. The number of allylic oxidation sites excluding steroid dienone is 2. The second-order valence-corrected chi connectivity index (χ2v) is 4.31. The van der Waals surface area contributed by atoms with E-state index in [0.29, 0.717) is 6.42 Å². The Morgan fingerprint density at radius 1 is 1.40 bits per heavy atom. The number of esters is 1. The Bertz CT molecular complexity index is 444. The fourth-order valence-electron chi connectivity index (χ4n) is 1.64. The van der Waals surface area contributed by atoms with Gasteiger partial charge in [-0.15, -0.1) is 0 Å². The van der Waals surface area contributed by atoms with Gasteiger partial charge in [0.25, 0.3) is 0 Å². The van der Waals surface area contributed by atoms with Crippen molar-refractivity contribution < 1.29 is 19.1 Å². The predicted molar refractivity (Wildman–Crippen MR) is 54.2 cm³/mol. The molecule has 2 aliphatic rings. The van der Waals surface area contributed by atoms with Gasteiger partial charge in [0.1, 0.15) is 11.7 Å². The van der Waals surface area contributed by atoms with Gasteiger partial charge in [-0.25, -0.2) is 4.79 Å². The molecule has 2 rings (SSSR count). The lowest BCUT2D eigenvalue weighted by Crippen LogP contribution is -2.33. The highest BCUT2D eigenvalue weighted by atomic mass is 79.9. The van der Waals surface area contributed by atoms with Crippen molar-refractivity contribution in [1.82, 2.24) is 0 Å². The van der Waals surface area contributed by atoms with E-state index in [1.807, 2.05) is 0 Å². The minimum atomic E-state index is -0.702. The summed E-state index contributed by atoms with van der Waals surface area (Å²) >= 11 is 2.95. The standard InChI is InChI=1S/C10H7BrO4/c1-4-2-5-7(12)3-6(11)9(13)8(5)10(14)15-4/h3-4H,2H2,1H3/t4-/m0/s1. The summed E-state index contributed by atoms with van der Waals surface area (Å²) < 4.78 is 5.01. The minimum Gasteiger partial charge on any atom is -0.459 e. The summed E-state index contributed by atoms with van der Waals surface area (Å²) in [5.41, 5.74) is 0.152. The van der Waals surface area contributed by atoms with E-state index >= 15 is 0 Å². The van der Waals surface area contributed by atoms with Gasteiger partial charge in [-0.2, -0.15) is 0 Å². The third-order valence-corrected chi connectivity index (χ3v) is 2.89. The lowest BCUT2D eigenvalue weighted by atomic mass is 9.89. The molecule has 1 aliphatic carbocycles. The second kappa shape index (κ2) is 3.41. The molecule has 1 heterocycles. The Morgan fingerprint density at radius 2 is 2.07 bits per heavy atom. The maximum atomic E-state index is 11.6. The molecule has 0 spiro atoms. The summed E-state index contributed by atoms with van der Waals surface area (Å²) in [6.45, 7) is 1.69. The van der Waals surface area contributed by atoms with E-state index < -0.39 is 11.8 Å². The molecular weight excluding hydrogens is 264 g/mol. The first kappa shape index (κ1) is 10.3. The van der Waals surface area contributed by atoms with Gasteiger partial charge < -0.3 is 4.74 Å². The Kier molecular flexibility index (Phi) is 2.34. The van der Waals surface area contributed by atoms with Gasteiger partial charge in [-0.1, -0.05) is 0 Å². The van der Waals surface area contributed by atoms with Gasteiger partial charge in [0, 0.05) is 18.1 Å². The van der Waals surface area contributed by atoms with Crippen LogP contribution in [0.3, 0.4) is 0 Å². The number of ether oxygens (including phenoxy) is 1. The van der Waals surface area contributed by atoms with Crippen LogP contribution < -0.4 is 0 Å². The second-order valence-electron chi connectivity index (χ2n) is 3.46. The van der Waals surface area contributed by atoms with Crippen LogP contribution in [0.15, 0.2) is 21.7 Å². The van der Waals surface area contributed by atoms with E-state index in [1.54, 1.807) is 6.92 Å². The molecule has 15 heavy (non-hydrogen) atoms. The smallest absolute Gasteiger partial charge is 0.342 e. The van der Waals surface area contributed by atoms with E-state index in [9.17, 15) is 14.4 Å². The SMILES string of the molecule is C[C@H]1CC2=C(C(=O)O1)C(=O)C(Br)=CC2=O. The summed E-state index contributed by atoms with van der Waals surface area (Å²) in [5, 5.41) is 0.